The Kier molecular flexibility index (Phi) is 3.46. The van der Waals surface area contributed by atoms with Crippen LogP contribution in [0.3, 0.4) is 0 Å². The number of hydrogen-bond donors (Lipinski definition) is 1. The van der Waals surface area contributed by atoms with Crippen molar-refractivity contribution in [2.45, 2.75) is 20.3 Å². The van der Waals surface area contributed by atoms with Gasteiger partial charge in [0.05, 0.1) is 0 Å². The van der Waals surface area contributed by atoms with E-state index in [0.29, 0.717) is 17.7 Å². The van der Waals surface area contributed by atoms with Crippen LogP contribution in [0.25, 0.3) is 0 Å². The van der Waals surface area contributed by atoms with Crippen LogP contribution in [0.2, 0.25) is 0 Å². The molecule has 0 heterocycles. The molecule has 0 rings (SSSR count). The Morgan fingerprint density at radius 1 is 1.78 bits per heavy atom. The predicted molar refractivity (Wildman–Crippen MR) is 40.6 cm³/mol. The molecule has 0 saturated heterocycles. The van der Waals surface area contributed by atoms with Crippen molar-refractivity contribution in [2.24, 2.45) is 0 Å². The van der Waals surface area contributed by atoms with Crippen molar-refractivity contribution in [3.05, 3.63) is 11.6 Å². The van der Waals surface area contributed by atoms with Gasteiger partial charge in [-0.15, -0.1) is 6.42 Å². The van der Waals surface area contributed by atoms with Crippen LogP contribution in [-0.4, -0.2) is 5.71 Å². The summed E-state index contributed by atoms with van der Waals surface area (Å²) in [4.78, 5) is 0. The summed E-state index contributed by atoms with van der Waals surface area (Å²) in [5.74, 6) is 2.44. The van der Waals surface area contributed by atoms with Crippen LogP contribution in [0.1, 0.15) is 20.3 Å². The van der Waals surface area contributed by atoms with Crippen molar-refractivity contribution in [3.63, 3.8) is 0 Å². The molecule has 0 amide bonds. The highest BCUT2D eigenvalue weighted by Crippen LogP contribution is 1.96. The molecule has 0 aliphatic heterocycles. The molecule has 0 aromatic rings. The lowest BCUT2D eigenvalue weighted by Gasteiger charge is -1.94. The van der Waals surface area contributed by atoms with E-state index in [0.717, 1.165) is 0 Å². The minimum absolute atomic E-state index is 0.542. The third-order valence-electron chi connectivity index (χ3n) is 1.12. The number of rotatable bonds is 2. The zero-order chi connectivity index (χ0) is 7.28. The maximum atomic E-state index is 7.28. The van der Waals surface area contributed by atoms with Crippen molar-refractivity contribution in [1.29, 1.82) is 5.41 Å². The van der Waals surface area contributed by atoms with Gasteiger partial charge in [0.1, 0.15) is 0 Å². The second-order valence-electron chi connectivity index (χ2n) is 1.68. The molecule has 1 heteroatoms. The second kappa shape index (κ2) is 3.91. The molecule has 0 aliphatic rings. The third kappa shape index (κ3) is 2.14. The van der Waals surface area contributed by atoms with E-state index < -0.39 is 0 Å². The van der Waals surface area contributed by atoms with Crippen molar-refractivity contribution in [3.8, 4) is 12.3 Å². The fourth-order valence-electron chi connectivity index (χ4n) is 0.535. The van der Waals surface area contributed by atoms with Crippen LogP contribution in [0, 0.1) is 17.8 Å². The fraction of sp³-hybridized carbons (Fsp3) is 0.375. The Morgan fingerprint density at radius 3 is 2.44 bits per heavy atom. The van der Waals surface area contributed by atoms with Gasteiger partial charge in [-0.25, -0.2) is 0 Å². The monoisotopic (exact) mass is 121 g/mol. The quantitative estimate of drug-likeness (QED) is 0.427. The molecule has 9 heavy (non-hydrogen) atoms. The number of terminal acetylenes is 1. The molecule has 1 nitrogen and oxygen atoms in total. The first-order valence-electron chi connectivity index (χ1n) is 2.97. The molecule has 0 atom stereocenters. The summed E-state index contributed by atoms with van der Waals surface area (Å²) in [6, 6.07) is 0. The lowest BCUT2D eigenvalue weighted by molar-refractivity contribution is 1.24. The summed E-state index contributed by atoms with van der Waals surface area (Å²) in [6.45, 7) is 3.77. The SMILES string of the molecule is C#C/C(=C/C)C(=N)CC. The van der Waals surface area contributed by atoms with Crippen LogP contribution in [0.15, 0.2) is 11.6 Å². The molecule has 0 aliphatic carbocycles. The highest BCUT2D eigenvalue weighted by atomic mass is 14.4. The standard InChI is InChI=1S/C8H11N/c1-4-7(5-2)8(9)6-3/h1,5,9H,6H2,2-3H3/b7-5-,9-8?. The van der Waals surface area contributed by atoms with E-state index in [1.165, 1.54) is 0 Å². The highest BCUT2D eigenvalue weighted by molar-refractivity contribution is 6.01. The number of nitrogens with one attached hydrogen (secondary N) is 1. The highest BCUT2D eigenvalue weighted by Gasteiger charge is 1.94. The van der Waals surface area contributed by atoms with E-state index in [1.54, 1.807) is 6.08 Å². The van der Waals surface area contributed by atoms with Crippen LogP contribution < -0.4 is 0 Å². The van der Waals surface area contributed by atoms with E-state index in [1.807, 2.05) is 13.8 Å². The summed E-state index contributed by atoms with van der Waals surface area (Å²) in [6.07, 6.45) is 7.60. The molecule has 0 saturated carbocycles. The molecule has 0 unspecified atom stereocenters. The lowest BCUT2D eigenvalue weighted by Crippen LogP contribution is -1.95. The average molecular weight is 121 g/mol. The normalized spacial score (nSPS) is 10.6. The minimum atomic E-state index is 0.542. The van der Waals surface area contributed by atoms with Crippen molar-refractivity contribution >= 4 is 5.71 Å². The molecule has 0 spiro atoms. The van der Waals surface area contributed by atoms with E-state index in [4.69, 9.17) is 11.8 Å². The van der Waals surface area contributed by atoms with Crippen LogP contribution in [0.4, 0.5) is 0 Å². The molecule has 0 aromatic carbocycles. The van der Waals surface area contributed by atoms with Gasteiger partial charge in [0, 0.05) is 11.3 Å². The van der Waals surface area contributed by atoms with Gasteiger partial charge >= 0.3 is 0 Å². The van der Waals surface area contributed by atoms with E-state index in [2.05, 4.69) is 5.92 Å². The molecule has 48 valence electrons. The van der Waals surface area contributed by atoms with Crippen LogP contribution in [0.5, 0.6) is 0 Å². The maximum absolute atomic E-state index is 7.28. The zero-order valence-corrected chi connectivity index (χ0v) is 5.86. The lowest BCUT2D eigenvalue weighted by atomic mass is 10.1. The zero-order valence-electron chi connectivity index (χ0n) is 5.86. The average Bonchev–Trinajstić information content (AvgIpc) is 1.90. The van der Waals surface area contributed by atoms with Gasteiger partial charge in [0.2, 0.25) is 0 Å². The number of allylic oxidation sites excluding steroid dienone is 2. The Balaban J connectivity index is 4.19. The molecular weight excluding hydrogens is 110 g/mol. The molecule has 0 fully saturated rings. The van der Waals surface area contributed by atoms with Gasteiger partial charge in [-0.1, -0.05) is 18.9 Å². The van der Waals surface area contributed by atoms with Gasteiger partial charge in [-0.05, 0) is 13.3 Å². The maximum Gasteiger partial charge on any atom is 0.0464 e. The molecular formula is C8H11N. The third-order valence-corrected chi connectivity index (χ3v) is 1.12. The Morgan fingerprint density at radius 2 is 2.33 bits per heavy atom. The summed E-state index contributed by atoms with van der Waals surface area (Å²) in [5, 5.41) is 7.28. The molecule has 1 N–H and O–H groups in total. The molecule has 0 bridgehead atoms. The van der Waals surface area contributed by atoms with E-state index >= 15 is 0 Å². The predicted octanol–water partition coefficient (Wildman–Crippen LogP) is 2.00. The van der Waals surface area contributed by atoms with Crippen molar-refractivity contribution in [1.82, 2.24) is 0 Å². The summed E-state index contributed by atoms with van der Waals surface area (Å²) in [5.41, 5.74) is 1.25. The van der Waals surface area contributed by atoms with Crippen molar-refractivity contribution < 1.29 is 0 Å². The van der Waals surface area contributed by atoms with E-state index in [-0.39, 0.29) is 0 Å². The fourth-order valence-corrected chi connectivity index (χ4v) is 0.535. The first-order chi connectivity index (χ1) is 4.26. The molecule has 0 aromatic heterocycles. The Bertz CT molecular complexity index is 169. The van der Waals surface area contributed by atoms with Gasteiger partial charge in [-0.2, -0.15) is 0 Å². The second-order valence-corrected chi connectivity index (χ2v) is 1.68. The Labute approximate surface area is 56.3 Å². The smallest absolute Gasteiger partial charge is 0.0464 e. The summed E-state index contributed by atoms with van der Waals surface area (Å²) in [7, 11) is 0. The van der Waals surface area contributed by atoms with Crippen molar-refractivity contribution in [2.75, 3.05) is 0 Å². The first-order valence-corrected chi connectivity index (χ1v) is 2.97. The molecule has 0 radical (unpaired) electrons. The van der Waals surface area contributed by atoms with Gasteiger partial charge < -0.3 is 5.41 Å². The summed E-state index contributed by atoms with van der Waals surface area (Å²) < 4.78 is 0. The summed E-state index contributed by atoms with van der Waals surface area (Å²) >= 11 is 0. The van der Waals surface area contributed by atoms with E-state index in [9.17, 15) is 0 Å². The van der Waals surface area contributed by atoms with Gasteiger partial charge in [0.15, 0.2) is 0 Å². The van der Waals surface area contributed by atoms with Crippen LogP contribution in [-0.2, 0) is 0 Å². The largest absolute Gasteiger partial charge is 0.304 e. The first kappa shape index (κ1) is 7.97. The number of hydrogen-bond acceptors (Lipinski definition) is 1. The Hall–Kier alpha value is -1.03. The minimum Gasteiger partial charge on any atom is -0.304 e. The van der Waals surface area contributed by atoms with Gasteiger partial charge in [0.25, 0.3) is 0 Å². The topological polar surface area (TPSA) is 23.9 Å². The van der Waals surface area contributed by atoms with Crippen LogP contribution >= 0.6 is 0 Å². The van der Waals surface area contributed by atoms with Gasteiger partial charge in [-0.3, -0.25) is 0 Å².